The standard InChI is InChI=1S/C25H29N5/c26-13-18-2-1-3-20(10-18)22-11-21-4-7-27-16-24(21)25(12-22)29-23-5-8-30(9-6-23)17-19-14-28-15-19/h1-4,7,10-12,19,23,27-29H,5-6,8-9,14-17H2. The summed E-state index contributed by atoms with van der Waals surface area (Å²) >= 11 is 0. The second-order valence-corrected chi connectivity index (χ2v) is 8.74. The second-order valence-electron chi connectivity index (χ2n) is 8.74. The first-order valence-electron chi connectivity index (χ1n) is 11.1. The van der Waals surface area contributed by atoms with Crippen molar-refractivity contribution in [1.29, 1.82) is 5.26 Å². The van der Waals surface area contributed by atoms with Crippen LogP contribution in [-0.2, 0) is 6.54 Å². The molecule has 2 fully saturated rings. The monoisotopic (exact) mass is 399 g/mol. The molecule has 0 radical (unpaired) electrons. The van der Waals surface area contributed by atoms with Gasteiger partial charge in [-0.15, -0.1) is 0 Å². The van der Waals surface area contributed by atoms with Gasteiger partial charge in [0.15, 0.2) is 0 Å². The molecule has 3 N–H and O–H groups in total. The molecule has 0 saturated carbocycles. The fourth-order valence-corrected chi connectivity index (χ4v) is 4.74. The normalized spacial score (nSPS) is 19.4. The molecule has 2 aromatic carbocycles. The molecule has 154 valence electrons. The molecule has 0 bridgehead atoms. The Kier molecular flexibility index (Phi) is 5.44. The van der Waals surface area contributed by atoms with E-state index in [4.69, 9.17) is 0 Å². The Morgan fingerprint density at radius 2 is 1.97 bits per heavy atom. The molecular formula is C25H29N5. The topological polar surface area (TPSA) is 63.1 Å². The third-order valence-corrected chi connectivity index (χ3v) is 6.60. The van der Waals surface area contributed by atoms with E-state index in [1.54, 1.807) is 0 Å². The summed E-state index contributed by atoms with van der Waals surface area (Å²) in [6.07, 6.45) is 6.55. The van der Waals surface area contributed by atoms with Gasteiger partial charge in [0.05, 0.1) is 11.6 Å². The molecule has 30 heavy (non-hydrogen) atoms. The van der Waals surface area contributed by atoms with Crippen LogP contribution in [0.3, 0.4) is 0 Å². The van der Waals surface area contributed by atoms with E-state index in [0.29, 0.717) is 11.6 Å². The largest absolute Gasteiger partial charge is 0.387 e. The zero-order valence-corrected chi connectivity index (χ0v) is 17.3. The number of nitrogens with one attached hydrogen (secondary N) is 3. The lowest BCUT2D eigenvalue weighted by Gasteiger charge is -2.38. The van der Waals surface area contributed by atoms with E-state index in [9.17, 15) is 5.26 Å². The molecular weight excluding hydrogens is 370 g/mol. The molecule has 0 spiro atoms. The molecule has 2 saturated heterocycles. The number of likely N-dealkylation sites (tertiary alicyclic amines) is 1. The van der Waals surface area contributed by atoms with Crippen LogP contribution in [0.15, 0.2) is 42.6 Å². The summed E-state index contributed by atoms with van der Waals surface area (Å²) in [6.45, 7) is 6.82. The highest BCUT2D eigenvalue weighted by atomic mass is 15.2. The highest BCUT2D eigenvalue weighted by Crippen LogP contribution is 2.33. The summed E-state index contributed by atoms with van der Waals surface area (Å²) in [5.41, 5.74) is 6.77. The van der Waals surface area contributed by atoms with Crippen LogP contribution in [-0.4, -0.2) is 43.7 Å². The van der Waals surface area contributed by atoms with Gasteiger partial charge in [-0.05, 0) is 72.0 Å². The minimum absolute atomic E-state index is 0.511. The van der Waals surface area contributed by atoms with E-state index >= 15 is 0 Å². The van der Waals surface area contributed by atoms with Crippen molar-refractivity contribution in [1.82, 2.24) is 15.5 Å². The molecule has 0 atom stereocenters. The summed E-state index contributed by atoms with van der Waals surface area (Å²) in [7, 11) is 0. The molecule has 0 aromatic heterocycles. The van der Waals surface area contributed by atoms with Crippen LogP contribution < -0.4 is 16.0 Å². The fraction of sp³-hybridized carbons (Fsp3) is 0.400. The predicted octanol–water partition coefficient (Wildman–Crippen LogP) is 3.39. The quantitative estimate of drug-likeness (QED) is 0.719. The van der Waals surface area contributed by atoms with Gasteiger partial charge in [-0.3, -0.25) is 0 Å². The van der Waals surface area contributed by atoms with E-state index < -0.39 is 0 Å². The van der Waals surface area contributed by atoms with Crippen molar-refractivity contribution < 1.29 is 0 Å². The number of rotatable bonds is 5. The van der Waals surface area contributed by atoms with E-state index in [1.165, 1.54) is 62.4 Å². The fourth-order valence-electron chi connectivity index (χ4n) is 4.74. The summed E-state index contributed by atoms with van der Waals surface area (Å²) < 4.78 is 0. The van der Waals surface area contributed by atoms with E-state index in [1.807, 2.05) is 24.4 Å². The first kappa shape index (κ1) is 19.2. The number of anilines is 1. The third-order valence-electron chi connectivity index (χ3n) is 6.60. The highest BCUT2D eigenvalue weighted by Gasteiger charge is 2.25. The first-order valence-corrected chi connectivity index (χ1v) is 11.1. The maximum Gasteiger partial charge on any atom is 0.0991 e. The van der Waals surface area contributed by atoms with Gasteiger partial charge in [-0.2, -0.15) is 5.26 Å². The number of benzene rings is 2. The van der Waals surface area contributed by atoms with Gasteiger partial charge in [-0.25, -0.2) is 0 Å². The van der Waals surface area contributed by atoms with E-state index in [0.717, 1.165) is 23.6 Å². The van der Waals surface area contributed by atoms with Gasteiger partial charge in [0.2, 0.25) is 0 Å². The van der Waals surface area contributed by atoms with Gasteiger partial charge in [0.25, 0.3) is 0 Å². The first-order chi connectivity index (χ1) is 14.8. The average Bonchev–Trinajstić information content (AvgIpc) is 2.77. The number of hydrogen-bond acceptors (Lipinski definition) is 5. The van der Waals surface area contributed by atoms with Gasteiger partial charge in [0.1, 0.15) is 0 Å². The third kappa shape index (κ3) is 4.07. The number of nitrogens with zero attached hydrogens (tertiary/aromatic N) is 2. The molecule has 3 heterocycles. The molecule has 5 heteroatoms. The minimum Gasteiger partial charge on any atom is -0.387 e. The van der Waals surface area contributed by atoms with Crippen LogP contribution in [0.2, 0.25) is 0 Å². The van der Waals surface area contributed by atoms with Crippen molar-refractivity contribution in [2.75, 3.05) is 38.0 Å². The summed E-state index contributed by atoms with van der Waals surface area (Å²) in [6, 6.07) is 15.2. The van der Waals surface area contributed by atoms with Crippen molar-refractivity contribution in [3.8, 4) is 17.2 Å². The zero-order chi connectivity index (χ0) is 20.3. The Morgan fingerprint density at radius 1 is 1.10 bits per heavy atom. The zero-order valence-electron chi connectivity index (χ0n) is 17.3. The van der Waals surface area contributed by atoms with Crippen LogP contribution in [0.5, 0.6) is 0 Å². The van der Waals surface area contributed by atoms with E-state index in [2.05, 4.69) is 51.2 Å². The van der Waals surface area contributed by atoms with Gasteiger partial charge >= 0.3 is 0 Å². The van der Waals surface area contributed by atoms with Gasteiger partial charge in [0, 0.05) is 56.6 Å². The van der Waals surface area contributed by atoms with Crippen LogP contribution in [0.25, 0.3) is 17.2 Å². The Balaban J connectivity index is 1.35. The summed E-state index contributed by atoms with van der Waals surface area (Å²) in [5, 5.41) is 19.9. The van der Waals surface area contributed by atoms with Gasteiger partial charge < -0.3 is 20.9 Å². The molecule has 0 unspecified atom stereocenters. The number of piperidine rings is 1. The van der Waals surface area contributed by atoms with Crippen LogP contribution >= 0.6 is 0 Å². The summed E-state index contributed by atoms with van der Waals surface area (Å²) in [5.74, 6) is 0.847. The van der Waals surface area contributed by atoms with Crippen LogP contribution in [0.1, 0.15) is 29.5 Å². The van der Waals surface area contributed by atoms with Crippen molar-refractivity contribution in [2.24, 2.45) is 5.92 Å². The van der Waals surface area contributed by atoms with Crippen molar-refractivity contribution in [3.63, 3.8) is 0 Å². The number of hydrogen-bond donors (Lipinski definition) is 3. The molecule has 2 aromatic rings. The molecule has 0 aliphatic carbocycles. The van der Waals surface area contributed by atoms with Crippen molar-refractivity contribution in [3.05, 3.63) is 59.3 Å². The smallest absolute Gasteiger partial charge is 0.0991 e. The molecule has 3 aliphatic rings. The SMILES string of the molecule is N#Cc1cccc(-c2cc3c(c(NC4CCN(CC5CNC5)CC4)c2)CNC=C3)c1. The minimum atomic E-state index is 0.511. The molecule has 5 rings (SSSR count). The maximum absolute atomic E-state index is 9.28. The number of nitriles is 1. The van der Waals surface area contributed by atoms with Crippen molar-refractivity contribution in [2.45, 2.75) is 25.4 Å². The lowest BCUT2D eigenvalue weighted by Crippen LogP contribution is -2.50. The Labute approximate surface area is 178 Å². The Bertz CT molecular complexity index is 978. The summed E-state index contributed by atoms with van der Waals surface area (Å²) in [4.78, 5) is 2.63. The lowest BCUT2D eigenvalue weighted by molar-refractivity contribution is 0.162. The van der Waals surface area contributed by atoms with Crippen LogP contribution in [0.4, 0.5) is 5.69 Å². The highest BCUT2D eigenvalue weighted by molar-refractivity contribution is 5.77. The van der Waals surface area contributed by atoms with Crippen molar-refractivity contribution >= 4 is 11.8 Å². The maximum atomic E-state index is 9.28. The number of fused-ring (bicyclic) bond motifs is 1. The predicted molar refractivity (Wildman–Crippen MR) is 122 cm³/mol. The lowest BCUT2D eigenvalue weighted by atomic mass is 9.94. The Morgan fingerprint density at radius 3 is 2.73 bits per heavy atom. The second kappa shape index (κ2) is 8.51. The average molecular weight is 400 g/mol. The molecule has 5 nitrogen and oxygen atoms in total. The van der Waals surface area contributed by atoms with Gasteiger partial charge in [-0.1, -0.05) is 12.1 Å². The molecule has 0 amide bonds. The van der Waals surface area contributed by atoms with E-state index in [-0.39, 0.29) is 0 Å². The van der Waals surface area contributed by atoms with Crippen LogP contribution in [0, 0.1) is 17.2 Å². The Hall–Kier alpha value is -2.81. The molecule has 3 aliphatic heterocycles.